The van der Waals surface area contributed by atoms with Crippen molar-refractivity contribution < 1.29 is 14.3 Å². The third-order valence-corrected chi connectivity index (χ3v) is 5.44. The van der Waals surface area contributed by atoms with Crippen LogP contribution in [0.25, 0.3) is 0 Å². The molecule has 0 radical (unpaired) electrons. The highest BCUT2D eigenvalue weighted by Gasteiger charge is 2.23. The molecule has 3 heterocycles. The first kappa shape index (κ1) is 20.9. The maximum absolute atomic E-state index is 12.2. The molecule has 25 heavy (non-hydrogen) atoms. The SMILES string of the molecule is Cl.O=C(CCN1CCC(OCC2CCCCO2)CC1)N1CCNCC1. The number of nitrogens with one attached hydrogen (secondary N) is 1. The van der Waals surface area contributed by atoms with Gasteiger partial charge in [0.05, 0.1) is 18.8 Å². The monoisotopic (exact) mass is 375 g/mol. The number of halogens is 1. The molecule has 146 valence electrons. The van der Waals surface area contributed by atoms with E-state index in [4.69, 9.17) is 9.47 Å². The molecule has 3 saturated heterocycles. The summed E-state index contributed by atoms with van der Waals surface area (Å²) in [6.07, 6.45) is 7.11. The van der Waals surface area contributed by atoms with E-state index in [0.717, 1.165) is 78.3 Å². The topological polar surface area (TPSA) is 54.0 Å². The zero-order chi connectivity index (χ0) is 16.6. The van der Waals surface area contributed by atoms with Gasteiger partial charge in [-0.3, -0.25) is 4.79 Å². The lowest BCUT2D eigenvalue weighted by Crippen LogP contribution is -2.47. The Hall–Kier alpha value is -0.400. The molecule has 0 aromatic carbocycles. The van der Waals surface area contributed by atoms with E-state index in [1.54, 1.807) is 0 Å². The normalized spacial score (nSPS) is 26.2. The van der Waals surface area contributed by atoms with Crippen molar-refractivity contribution in [3.63, 3.8) is 0 Å². The second-order valence-corrected chi connectivity index (χ2v) is 7.24. The molecular formula is C18H34ClN3O3. The van der Waals surface area contributed by atoms with E-state index >= 15 is 0 Å². The molecule has 0 bridgehead atoms. The molecule has 0 aromatic heterocycles. The van der Waals surface area contributed by atoms with Gasteiger partial charge in [0.2, 0.25) is 5.91 Å². The zero-order valence-corrected chi connectivity index (χ0v) is 16.1. The molecule has 0 aliphatic carbocycles. The molecule has 3 aliphatic rings. The molecule has 3 aliphatic heterocycles. The van der Waals surface area contributed by atoms with Gasteiger partial charge in [-0.1, -0.05) is 0 Å². The maximum atomic E-state index is 12.2. The number of piperidine rings is 1. The van der Waals surface area contributed by atoms with Crippen LogP contribution in [0, 0.1) is 0 Å². The van der Waals surface area contributed by atoms with Crippen molar-refractivity contribution in [1.29, 1.82) is 0 Å². The molecule has 1 amide bonds. The first-order valence-corrected chi connectivity index (χ1v) is 9.75. The lowest BCUT2D eigenvalue weighted by molar-refractivity contribution is -0.132. The number of carbonyl (C=O) groups excluding carboxylic acids is 1. The smallest absolute Gasteiger partial charge is 0.223 e. The molecule has 0 saturated carbocycles. The molecule has 1 N–H and O–H groups in total. The minimum Gasteiger partial charge on any atom is -0.376 e. The van der Waals surface area contributed by atoms with Gasteiger partial charge in [0, 0.05) is 58.8 Å². The predicted octanol–water partition coefficient (Wildman–Crippen LogP) is 1.28. The van der Waals surface area contributed by atoms with Crippen molar-refractivity contribution in [2.45, 2.75) is 50.7 Å². The summed E-state index contributed by atoms with van der Waals surface area (Å²) in [6.45, 7) is 8.21. The van der Waals surface area contributed by atoms with Gasteiger partial charge in [-0.25, -0.2) is 0 Å². The summed E-state index contributed by atoms with van der Waals surface area (Å²) in [6, 6.07) is 0. The minimum absolute atomic E-state index is 0. The lowest BCUT2D eigenvalue weighted by atomic mass is 10.1. The number of nitrogens with zero attached hydrogens (tertiary/aromatic N) is 2. The molecule has 1 atom stereocenters. The highest BCUT2D eigenvalue weighted by Crippen LogP contribution is 2.18. The van der Waals surface area contributed by atoms with Gasteiger partial charge in [-0.15, -0.1) is 12.4 Å². The van der Waals surface area contributed by atoms with E-state index in [2.05, 4.69) is 10.2 Å². The lowest BCUT2D eigenvalue weighted by Gasteiger charge is -2.34. The maximum Gasteiger partial charge on any atom is 0.223 e. The highest BCUT2D eigenvalue weighted by atomic mass is 35.5. The minimum atomic E-state index is 0. The van der Waals surface area contributed by atoms with E-state index in [9.17, 15) is 4.79 Å². The Bertz CT molecular complexity index is 380. The Labute approximate surface area is 158 Å². The molecule has 6 nitrogen and oxygen atoms in total. The molecular weight excluding hydrogens is 342 g/mol. The first-order valence-electron chi connectivity index (χ1n) is 9.75. The summed E-state index contributed by atoms with van der Waals surface area (Å²) in [5, 5.41) is 3.29. The quantitative estimate of drug-likeness (QED) is 0.758. The van der Waals surface area contributed by atoms with Gasteiger partial charge < -0.3 is 24.6 Å². The molecule has 3 rings (SSSR count). The Kier molecular flexibility index (Phi) is 9.48. The van der Waals surface area contributed by atoms with E-state index in [-0.39, 0.29) is 12.4 Å². The fourth-order valence-electron chi connectivity index (χ4n) is 3.81. The van der Waals surface area contributed by atoms with Gasteiger partial charge >= 0.3 is 0 Å². The van der Waals surface area contributed by atoms with Crippen LogP contribution < -0.4 is 5.32 Å². The fourth-order valence-corrected chi connectivity index (χ4v) is 3.81. The zero-order valence-electron chi connectivity index (χ0n) is 15.3. The van der Waals surface area contributed by atoms with Crippen molar-refractivity contribution in [2.75, 3.05) is 59.0 Å². The second-order valence-electron chi connectivity index (χ2n) is 7.24. The molecule has 0 spiro atoms. The summed E-state index contributed by atoms with van der Waals surface area (Å²) < 4.78 is 11.8. The Balaban J connectivity index is 0.00000225. The molecule has 3 fully saturated rings. The average molecular weight is 376 g/mol. The number of amides is 1. The van der Waals surface area contributed by atoms with Crippen LogP contribution in [-0.2, 0) is 14.3 Å². The van der Waals surface area contributed by atoms with Crippen LogP contribution in [0.3, 0.4) is 0 Å². The summed E-state index contributed by atoms with van der Waals surface area (Å²) in [5.41, 5.74) is 0. The Morgan fingerprint density at radius 2 is 1.84 bits per heavy atom. The van der Waals surface area contributed by atoms with Crippen molar-refractivity contribution in [3.8, 4) is 0 Å². The van der Waals surface area contributed by atoms with Crippen molar-refractivity contribution in [3.05, 3.63) is 0 Å². The molecule has 0 aromatic rings. The standard InChI is InChI=1S/C18H33N3O3.ClH/c22-18(21-12-7-19-8-13-21)6-11-20-9-4-16(5-10-20)24-15-17-3-1-2-14-23-17;/h16-17,19H,1-15H2;1H. The number of carbonyl (C=O) groups is 1. The average Bonchev–Trinajstić information content (AvgIpc) is 2.67. The third-order valence-electron chi connectivity index (χ3n) is 5.44. The third kappa shape index (κ3) is 7.02. The number of piperazine rings is 1. The fraction of sp³-hybridized carbons (Fsp3) is 0.944. The van der Waals surface area contributed by atoms with Gasteiger partial charge in [-0.05, 0) is 32.1 Å². The largest absolute Gasteiger partial charge is 0.376 e. The van der Waals surface area contributed by atoms with Gasteiger partial charge in [0.25, 0.3) is 0 Å². The van der Waals surface area contributed by atoms with Crippen LogP contribution >= 0.6 is 12.4 Å². The summed E-state index contributed by atoms with van der Waals surface area (Å²) >= 11 is 0. The van der Waals surface area contributed by atoms with Crippen LogP contribution in [0.2, 0.25) is 0 Å². The number of hydrogen-bond donors (Lipinski definition) is 1. The van der Waals surface area contributed by atoms with E-state index in [1.165, 1.54) is 12.8 Å². The summed E-state index contributed by atoms with van der Waals surface area (Å²) in [7, 11) is 0. The highest BCUT2D eigenvalue weighted by molar-refractivity contribution is 5.85. The van der Waals surface area contributed by atoms with E-state index in [1.807, 2.05) is 4.90 Å². The number of rotatable bonds is 6. The van der Waals surface area contributed by atoms with Crippen LogP contribution in [-0.4, -0.2) is 86.9 Å². The van der Waals surface area contributed by atoms with Crippen molar-refractivity contribution in [1.82, 2.24) is 15.1 Å². The molecule has 1 unspecified atom stereocenters. The predicted molar refractivity (Wildman–Crippen MR) is 100 cm³/mol. The Morgan fingerprint density at radius 3 is 2.52 bits per heavy atom. The van der Waals surface area contributed by atoms with Crippen LogP contribution in [0.5, 0.6) is 0 Å². The van der Waals surface area contributed by atoms with Gasteiger partial charge in [0.1, 0.15) is 0 Å². The Morgan fingerprint density at radius 1 is 1.08 bits per heavy atom. The van der Waals surface area contributed by atoms with Gasteiger partial charge in [0.15, 0.2) is 0 Å². The van der Waals surface area contributed by atoms with Crippen molar-refractivity contribution >= 4 is 18.3 Å². The van der Waals surface area contributed by atoms with Crippen LogP contribution in [0.4, 0.5) is 0 Å². The number of hydrogen-bond acceptors (Lipinski definition) is 5. The number of ether oxygens (including phenoxy) is 2. The molecule has 7 heteroatoms. The first-order chi connectivity index (χ1) is 11.8. The van der Waals surface area contributed by atoms with E-state index in [0.29, 0.717) is 24.5 Å². The number of likely N-dealkylation sites (tertiary alicyclic amines) is 1. The second kappa shape index (κ2) is 11.3. The van der Waals surface area contributed by atoms with Crippen LogP contribution in [0.1, 0.15) is 38.5 Å². The van der Waals surface area contributed by atoms with Crippen LogP contribution in [0.15, 0.2) is 0 Å². The van der Waals surface area contributed by atoms with Crippen molar-refractivity contribution in [2.24, 2.45) is 0 Å². The van der Waals surface area contributed by atoms with Gasteiger partial charge in [-0.2, -0.15) is 0 Å². The summed E-state index contributed by atoms with van der Waals surface area (Å²) in [5.74, 6) is 0.310. The van der Waals surface area contributed by atoms with E-state index < -0.39 is 0 Å². The summed E-state index contributed by atoms with van der Waals surface area (Å²) in [4.78, 5) is 16.6.